The Morgan fingerprint density at radius 1 is 1.23 bits per heavy atom. The van der Waals surface area contributed by atoms with Gasteiger partial charge < -0.3 is 10.0 Å². The highest BCUT2D eigenvalue weighted by Crippen LogP contribution is 2.23. The first kappa shape index (κ1) is 16.7. The topological polar surface area (TPSA) is 50.5 Å². The van der Waals surface area contributed by atoms with Gasteiger partial charge in [-0.3, -0.25) is 4.90 Å². The van der Waals surface area contributed by atoms with E-state index in [1.807, 2.05) is 24.8 Å². The Bertz CT molecular complexity index is 543. The van der Waals surface area contributed by atoms with Crippen molar-refractivity contribution in [2.75, 3.05) is 37.6 Å². The average Bonchev–Trinajstić information content (AvgIpc) is 2.55. The predicted octanol–water partition coefficient (Wildman–Crippen LogP) is 2.37. The average molecular weight is 305 g/mol. The molecule has 1 fully saturated rings. The lowest BCUT2D eigenvalue weighted by Gasteiger charge is -2.40. The molecule has 1 aromatic carbocycles. The number of hydrogen-bond acceptors (Lipinski definition) is 4. The van der Waals surface area contributed by atoms with Gasteiger partial charge in [0.05, 0.1) is 22.9 Å². The number of nitriles is 1. The van der Waals surface area contributed by atoms with E-state index in [4.69, 9.17) is 5.26 Å². The molecule has 120 valence electrons. The van der Waals surface area contributed by atoms with Crippen LogP contribution in [0.3, 0.4) is 0 Å². The van der Waals surface area contributed by atoms with Gasteiger partial charge in [-0.15, -0.1) is 0 Å². The number of piperazine rings is 1. The zero-order valence-corrected chi connectivity index (χ0v) is 13.3. The van der Waals surface area contributed by atoms with Crippen LogP contribution in [0.5, 0.6) is 0 Å². The van der Waals surface area contributed by atoms with Gasteiger partial charge in [0.25, 0.3) is 0 Å². The van der Waals surface area contributed by atoms with Crippen molar-refractivity contribution in [2.24, 2.45) is 0 Å². The maximum atomic E-state index is 14.1. The van der Waals surface area contributed by atoms with E-state index >= 15 is 0 Å². The van der Waals surface area contributed by atoms with Crippen LogP contribution in [0, 0.1) is 17.1 Å². The molecule has 4 nitrogen and oxygen atoms in total. The van der Waals surface area contributed by atoms with Gasteiger partial charge in [-0.05, 0) is 31.0 Å². The van der Waals surface area contributed by atoms with Crippen molar-refractivity contribution in [2.45, 2.75) is 32.3 Å². The molecule has 1 aliphatic rings. The number of nitrogens with zero attached hydrogens (tertiary/aromatic N) is 3. The highest BCUT2D eigenvalue weighted by atomic mass is 19.1. The summed E-state index contributed by atoms with van der Waals surface area (Å²) in [5.41, 5.74) is 0.276. The van der Waals surface area contributed by atoms with Crippen LogP contribution in [0.1, 0.15) is 32.3 Å². The molecule has 2 rings (SSSR count). The number of benzene rings is 1. The fourth-order valence-electron chi connectivity index (χ4n) is 2.87. The van der Waals surface area contributed by atoms with Crippen LogP contribution in [-0.4, -0.2) is 48.3 Å². The SMILES string of the molecule is CCC(O)(CC)CN1CCN(c2ccc(C#N)cc2F)CC1. The van der Waals surface area contributed by atoms with E-state index in [1.165, 1.54) is 6.07 Å². The van der Waals surface area contributed by atoms with Gasteiger partial charge in [-0.1, -0.05) is 13.8 Å². The van der Waals surface area contributed by atoms with E-state index < -0.39 is 5.60 Å². The number of halogens is 1. The second-order valence-corrected chi connectivity index (χ2v) is 5.97. The first-order valence-corrected chi connectivity index (χ1v) is 7.90. The van der Waals surface area contributed by atoms with Crippen molar-refractivity contribution in [1.82, 2.24) is 4.90 Å². The Kier molecular flexibility index (Phi) is 5.38. The molecule has 0 aliphatic carbocycles. The monoisotopic (exact) mass is 305 g/mol. The minimum Gasteiger partial charge on any atom is -0.389 e. The van der Waals surface area contributed by atoms with Crippen molar-refractivity contribution < 1.29 is 9.50 Å². The van der Waals surface area contributed by atoms with Crippen LogP contribution < -0.4 is 4.90 Å². The summed E-state index contributed by atoms with van der Waals surface area (Å²) in [6.45, 7) is 7.75. The van der Waals surface area contributed by atoms with Gasteiger partial charge in [0.1, 0.15) is 5.82 Å². The van der Waals surface area contributed by atoms with E-state index in [9.17, 15) is 9.50 Å². The maximum absolute atomic E-state index is 14.1. The van der Waals surface area contributed by atoms with Crippen molar-refractivity contribution in [1.29, 1.82) is 5.26 Å². The van der Waals surface area contributed by atoms with Gasteiger partial charge in [0.2, 0.25) is 0 Å². The summed E-state index contributed by atoms with van der Waals surface area (Å²) in [7, 11) is 0. The van der Waals surface area contributed by atoms with Gasteiger partial charge >= 0.3 is 0 Å². The number of β-amino-alcohol motifs (C(OH)–C–C–N with tert-alkyl or cyclic N) is 1. The van der Waals surface area contributed by atoms with Crippen LogP contribution in [0.25, 0.3) is 0 Å². The molecular weight excluding hydrogens is 281 g/mol. The van der Waals surface area contributed by atoms with Crippen LogP contribution >= 0.6 is 0 Å². The number of rotatable bonds is 5. The summed E-state index contributed by atoms with van der Waals surface area (Å²) < 4.78 is 14.1. The van der Waals surface area contributed by atoms with E-state index in [1.54, 1.807) is 12.1 Å². The molecule has 1 aliphatic heterocycles. The minimum absolute atomic E-state index is 0.342. The second kappa shape index (κ2) is 7.08. The lowest BCUT2D eigenvalue weighted by Crippen LogP contribution is -2.52. The van der Waals surface area contributed by atoms with Crippen LogP contribution in [0.2, 0.25) is 0 Å². The Balaban J connectivity index is 1.96. The first-order valence-electron chi connectivity index (χ1n) is 7.90. The quantitative estimate of drug-likeness (QED) is 0.907. The molecule has 0 radical (unpaired) electrons. The Morgan fingerprint density at radius 2 is 1.86 bits per heavy atom. The Morgan fingerprint density at radius 3 is 2.36 bits per heavy atom. The van der Waals surface area contributed by atoms with Crippen LogP contribution in [-0.2, 0) is 0 Å². The number of anilines is 1. The molecule has 0 spiro atoms. The zero-order chi connectivity index (χ0) is 16.2. The molecule has 0 amide bonds. The highest BCUT2D eigenvalue weighted by molar-refractivity contribution is 5.51. The molecule has 1 heterocycles. The molecule has 0 unspecified atom stereocenters. The fourth-order valence-corrected chi connectivity index (χ4v) is 2.87. The van der Waals surface area contributed by atoms with Crippen molar-refractivity contribution in [3.63, 3.8) is 0 Å². The fraction of sp³-hybridized carbons (Fsp3) is 0.588. The number of aliphatic hydroxyl groups is 1. The lowest BCUT2D eigenvalue weighted by molar-refractivity contribution is -0.00458. The summed E-state index contributed by atoms with van der Waals surface area (Å²) in [6.07, 6.45) is 1.49. The zero-order valence-electron chi connectivity index (χ0n) is 13.3. The van der Waals surface area contributed by atoms with Gasteiger partial charge in [0, 0.05) is 32.7 Å². The van der Waals surface area contributed by atoms with E-state index in [0.717, 1.165) is 39.0 Å². The second-order valence-electron chi connectivity index (χ2n) is 5.97. The third-order valence-corrected chi connectivity index (χ3v) is 4.62. The number of hydrogen-bond donors (Lipinski definition) is 1. The predicted molar refractivity (Wildman–Crippen MR) is 85.3 cm³/mol. The maximum Gasteiger partial charge on any atom is 0.147 e. The molecular formula is C17H24FN3O. The summed E-state index contributed by atoms with van der Waals surface area (Å²) >= 11 is 0. The van der Waals surface area contributed by atoms with Crippen LogP contribution in [0.4, 0.5) is 10.1 Å². The van der Waals surface area contributed by atoms with Crippen molar-refractivity contribution >= 4 is 5.69 Å². The van der Waals surface area contributed by atoms with Crippen molar-refractivity contribution in [3.8, 4) is 6.07 Å². The summed E-state index contributed by atoms with van der Waals surface area (Å²) in [5, 5.41) is 19.2. The molecule has 5 heteroatoms. The molecule has 22 heavy (non-hydrogen) atoms. The van der Waals surface area contributed by atoms with Crippen LogP contribution in [0.15, 0.2) is 18.2 Å². The molecule has 0 bridgehead atoms. The molecule has 1 aromatic rings. The third kappa shape index (κ3) is 3.76. The molecule has 0 saturated carbocycles. The molecule has 0 atom stereocenters. The smallest absolute Gasteiger partial charge is 0.147 e. The summed E-state index contributed by atoms with van der Waals surface area (Å²) in [5.74, 6) is -0.342. The highest BCUT2D eigenvalue weighted by Gasteiger charge is 2.28. The largest absolute Gasteiger partial charge is 0.389 e. The molecule has 0 aromatic heterocycles. The normalized spacial score (nSPS) is 16.6. The first-order chi connectivity index (χ1) is 10.5. The third-order valence-electron chi connectivity index (χ3n) is 4.62. The summed E-state index contributed by atoms with van der Waals surface area (Å²) in [4.78, 5) is 4.25. The van der Waals surface area contributed by atoms with E-state index in [-0.39, 0.29) is 5.82 Å². The van der Waals surface area contributed by atoms with Gasteiger partial charge in [-0.25, -0.2) is 4.39 Å². The molecule has 1 saturated heterocycles. The lowest BCUT2D eigenvalue weighted by atomic mass is 9.96. The van der Waals surface area contributed by atoms with E-state index in [2.05, 4.69) is 4.90 Å². The van der Waals surface area contributed by atoms with Gasteiger partial charge in [0.15, 0.2) is 0 Å². The summed E-state index contributed by atoms with van der Waals surface area (Å²) in [6, 6.07) is 6.56. The molecule has 1 N–H and O–H groups in total. The Labute approximate surface area is 131 Å². The minimum atomic E-state index is -0.623. The van der Waals surface area contributed by atoms with Gasteiger partial charge in [-0.2, -0.15) is 5.26 Å². The van der Waals surface area contributed by atoms with E-state index in [0.29, 0.717) is 17.8 Å². The van der Waals surface area contributed by atoms with Crippen molar-refractivity contribution in [3.05, 3.63) is 29.6 Å². The Hall–Kier alpha value is -1.64. The standard InChI is InChI=1S/C17H24FN3O/c1-3-17(22,4-2)13-20-7-9-21(10-8-20)16-6-5-14(12-19)11-15(16)18/h5-6,11,22H,3-4,7-10,13H2,1-2H3.